The van der Waals surface area contributed by atoms with Crippen LogP contribution in [0.1, 0.15) is 10.4 Å². The van der Waals surface area contributed by atoms with Crippen molar-refractivity contribution < 1.29 is 9.53 Å². The molecule has 0 aliphatic rings. The zero-order chi connectivity index (χ0) is 11.0. The molecule has 0 atom stereocenters. The molecule has 78 valence electrons. The average molecular weight is 271 g/mol. The highest BCUT2D eigenvalue weighted by Crippen LogP contribution is 2.19. The molecule has 6 nitrogen and oxygen atoms in total. The average Bonchev–Trinajstić information content (AvgIpc) is 2.55. The Labute approximate surface area is 93.2 Å². The van der Waals surface area contributed by atoms with Gasteiger partial charge in [-0.25, -0.2) is 9.31 Å². The molecule has 0 aromatic carbocycles. The van der Waals surface area contributed by atoms with E-state index in [1.807, 2.05) is 0 Å². The molecular formula is C8H7BrN4O2. The normalized spacial score (nSPS) is 10.5. The minimum Gasteiger partial charge on any atom is -0.465 e. The predicted octanol–water partition coefficient (Wildman–Crippen LogP) is 0.861. The third kappa shape index (κ3) is 1.65. The lowest BCUT2D eigenvalue weighted by molar-refractivity contribution is 0.0599. The lowest BCUT2D eigenvalue weighted by atomic mass is 10.3. The second kappa shape index (κ2) is 3.50. The molecule has 0 radical (unpaired) electrons. The number of esters is 1. The summed E-state index contributed by atoms with van der Waals surface area (Å²) in [4.78, 5) is 15.3. The summed E-state index contributed by atoms with van der Waals surface area (Å²) in [5.41, 5.74) is 6.31. The Bertz CT molecular complexity index is 537. The van der Waals surface area contributed by atoms with Crippen LogP contribution in [0.2, 0.25) is 0 Å². The van der Waals surface area contributed by atoms with Crippen molar-refractivity contribution in [2.75, 3.05) is 12.8 Å². The molecule has 0 aliphatic heterocycles. The van der Waals surface area contributed by atoms with Crippen LogP contribution in [-0.4, -0.2) is 27.7 Å². The Morgan fingerprint density at radius 2 is 2.40 bits per heavy atom. The summed E-state index contributed by atoms with van der Waals surface area (Å²) in [5.74, 6) is -0.283. The molecule has 0 amide bonds. The summed E-state index contributed by atoms with van der Waals surface area (Å²) in [7, 11) is 1.32. The van der Waals surface area contributed by atoms with Crippen LogP contribution in [-0.2, 0) is 4.74 Å². The van der Waals surface area contributed by atoms with Gasteiger partial charge in [-0.1, -0.05) is 0 Å². The molecule has 15 heavy (non-hydrogen) atoms. The van der Waals surface area contributed by atoms with Gasteiger partial charge < -0.3 is 10.5 Å². The maximum atomic E-state index is 11.3. The first-order valence-electron chi connectivity index (χ1n) is 4.01. The van der Waals surface area contributed by atoms with E-state index >= 15 is 0 Å². The van der Waals surface area contributed by atoms with Crippen LogP contribution in [0.4, 0.5) is 5.95 Å². The fourth-order valence-electron chi connectivity index (χ4n) is 1.19. The van der Waals surface area contributed by atoms with Crippen molar-refractivity contribution in [2.45, 2.75) is 0 Å². The lowest BCUT2D eigenvalue weighted by Gasteiger charge is -2.01. The number of carbonyl (C=O) groups is 1. The first-order chi connectivity index (χ1) is 7.11. The van der Waals surface area contributed by atoms with E-state index < -0.39 is 5.97 Å². The summed E-state index contributed by atoms with van der Waals surface area (Å²) in [6, 6.07) is 1.55. The smallest absolute Gasteiger partial charge is 0.339 e. The van der Waals surface area contributed by atoms with Crippen molar-refractivity contribution in [3.05, 3.63) is 22.3 Å². The minimum atomic E-state index is -0.439. The fourth-order valence-corrected chi connectivity index (χ4v) is 1.66. The van der Waals surface area contributed by atoms with Gasteiger partial charge in [0.05, 0.1) is 17.1 Å². The zero-order valence-corrected chi connectivity index (χ0v) is 9.35. The van der Waals surface area contributed by atoms with Crippen LogP contribution < -0.4 is 5.73 Å². The van der Waals surface area contributed by atoms with Gasteiger partial charge in [0.15, 0.2) is 5.65 Å². The third-order valence-corrected chi connectivity index (χ3v) is 2.48. The first-order valence-corrected chi connectivity index (χ1v) is 4.81. The molecule has 2 N–H and O–H groups in total. The Morgan fingerprint density at radius 3 is 3.07 bits per heavy atom. The molecule has 0 unspecified atom stereocenters. The van der Waals surface area contributed by atoms with Crippen molar-refractivity contribution in [2.24, 2.45) is 0 Å². The first kappa shape index (κ1) is 9.91. The van der Waals surface area contributed by atoms with Crippen molar-refractivity contribution >= 4 is 33.5 Å². The van der Waals surface area contributed by atoms with E-state index in [2.05, 4.69) is 30.7 Å². The molecule has 0 aliphatic carbocycles. The Kier molecular flexibility index (Phi) is 2.31. The number of ether oxygens (including phenoxy) is 1. The van der Waals surface area contributed by atoms with Crippen LogP contribution in [0.5, 0.6) is 0 Å². The number of nitrogens with zero attached hydrogens (tertiary/aromatic N) is 3. The second-order valence-corrected chi connectivity index (χ2v) is 3.65. The maximum absolute atomic E-state index is 11.3. The highest BCUT2D eigenvalue weighted by Gasteiger charge is 2.13. The zero-order valence-electron chi connectivity index (χ0n) is 7.77. The molecule has 0 spiro atoms. The molecule has 2 heterocycles. The van der Waals surface area contributed by atoms with Gasteiger partial charge in [0.1, 0.15) is 0 Å². The SMILES string of the molecule is COC(=O)c1cc2nc(N)nn2cc1Br. The monoisotopic (exact) mass is 270 g/mol. The van der Waals surface area contributed by atoms with Gasteiger partial charge in [-0.05, 0) is 22.0 Å². The number of methoxy groups -OCH3 is 1. The quantitative estimate of drug-likeness (QED) is 0.778. The van der Waals surface area contributed by atoms with Gasteiger partial charge in [-0.2, -0.15) is 4.98 Å². The molecular weight excluding hydrogens is 264 g/mol. The van der Waals surface area contributed by atoms with Crippen molar-refractivity contribution in [1.82, 2.24) is 14.6 Å². The number of fused-ring (bicyclic) bond motifs is 1. The molecule has 0 saturated heterocycles. The summed E-state index contributed by atoms with van der Waals surface area (Å²) >= 11 is 3.24. The van der Waals surface area contributed by atoms with Crippen molar-refractivity contribution in [1.29, 1.82) is 0 Å². The standard InChI is InChI=1S/C8H7BrN4O2/c1-15-7(14)4-2-6-11-8(10)12-13(6)3-5(4)9/h2-3H,1H3,(H2,10,12). The largest absolute Gasteiger partial charge is 0.465 e. The highest BCUT2D eigenvalue weighted by atomic mass is 79.9. The van der Waals surface area contributed by atoms with Gasteiger partial charge in [0.25, 0.3) is 0 Å². The third-order valence-electron chi connectivity index (χ3n) is 1.85. The van der Waals surface area contributed by atoms with E-state index in [9.17, 15) is 4.79 Å². The number of carbonyl (C=O) groups excluding carboxylic acids is 1. The Morgan fingerprint density at radius 1 is 1.67 bits per heavy atom. The number of rotatable bonds is 1. The molecule has 7 heteroatoms. The number of hydrogen-bond donors (Lipinski definition) is 1. The molecule has 0 fully saturated rings. The van der Waals surface area contributed by atoms with Gasteiger partial charge >= 0.3 is 5.97 Å². The van der Waals surface area contributed by atoms with Gasteiger partial charge in [0, 0.05) is 6.20 Å². The maximum Gasteiger partial charge on any atom is 0.339 e. The molecule has 0 bridgehead atoms. The Hall–Kier alpha value is -1.63. The van der Waals surface area contributed by atoms with Crippen LogP contribution in [0.25, 0.3) is 5.65 Å². The van der Waals surface area contributed by atoms with E-state index in [1.54, 1.807) is 12.3 Å². The number of anilines is 1. The highest BCUT2D eigenvalue weighted by molar-refractivity contribution is 9.10. The molecule has 2 aromatic heterocycles. The Balaban J connectivity index is 2.66. The number of aromatic nitrogens is 3. The van der Waals surface area contributed by atoms with Crippen LogP contribution in [0.3, 0.4) is 0 Å². The van der Waals surface area contributed by atoms with Gasteiger partial charge in [-0.3, -0.25) is 0 Å². The summed E-state index contributed by atoms with van der Waals surface area (Å²) in [6.07, 6.45) is 1.60. The molecule has 2 aromatic rings. The van der Waals surface area contributed by atoms with Crippen molar-refractivity contribution in [3.63, 3.8) is 0 Å². The number of hydrogen-bond acceptors (Lipinski definition) is 5. The van der Waals surface area contributed by atoms with Crippen molar-refractivity contribution in [3.8, 4) is 0 Å². The topological polar surface area (TPSA) is 82.5 Å². The summed E-state index contributed by atoms with van der Waals surface area (Å²) in [6.45, 7) is 0. The lowest BCUT2D eigenvalue weighted by Crippen LogP contribution is -2.03. The predicted molar refractivity (Wildman–Crippen MR) is 56.4 cm³/mol. The molecule has 2 rings (SSSR count). The van der Waals surface area contributed by atoms with Gasteiger partial charge in [0.2, 0.25) is 5.95 Å². The van der Waals surface area contributed by atoms with Crippen LogP contribution in [0, 0.1) is 0 Å². The fraction of sp³-hybridized carbons (Fsp3) is 0.125. The number of nitrogens with two attached hydrogens (primary N) is 1. The summed E-state index contributed by atoms with van der Waals surface area (Å²) in [5, 5.41) is 3.90. The minimum absolute atomic E-state index is 0.156. The van der Waals surface area contributed by atoms with Crippen LogP contribution >= 0.6 is 15.9 Å². The second-order valence-electron chi connectivity index (χ2n) is 2.80. The number of halogens is 1. The van der Waals surface area contributed by atoms with E-state index in [0.29, 0.717) is 15.7 Å². The van der Waals surface area contributed by atoms with E-state index in [1.165, 1.54) is 11.6 Å². The van der Waals surface area contributed by atoms with Crippen LogP contribution in [0.15, 0.2) is 16.7 Å². The molecule has 0 saturated carbocycles. The van der Waals surface area contributed by atoms with Gasteiger partial charge in [-0.15, -0.1) is 5.10 Å². The van der Waals surface area contributed by atoms with E-state index in [4.69, 9.17) is 5.73 Å². The number of nitrogen functional groups attached to an aromatic ring is 1. The van der Waals surface area contributed by atoms with E-state index in [-0.39, 0.29) is 5.95 Å². The number of pyridine rings is 1. The van der Waals surface area contributed by atoms with E-state index in [0.717, 1.165) is 0 Å². The summed E-state index contributed by atoms with van der Waals surface area (Å²) < 4.78 is 6.67.